The maximum Gasteiger partial charge on any atom is 0.225 e. The van der Waals surface area contributed by atoms with Crippen molar-refractivity contribution in [1.82, 2.24) is 9.97 Å². The molecule has 29 heavy (non-hydrogen) atoms. The molecule has 4 rings (SSSR count). The highest BCUT2D eigenvalue weighted by Gasteiger charge is 2.25. The zero-order valence-electron chi connectivity index (χ0n) is 17.3. The van der Waals surface area contributed by atoms with Crippen LogP contribution < -0.4 is 15.4 Å². The van der Waals surface area contributed by atoms with Gasteiger partial charge in [0.05, 0.1) is 0 Å². The van der Waals surface area contributed by atoms with Crippen LogP contribution in [-0.2, 0) is 12.0 Å². The predicted molar refractivity (Wildman–Crippen MR) is 116 cm³/mol. The maximum absolute atomic E-state index is 5.93. The predicted octanol–water partition coefficient (Wildman–Crippen LogP) is 3.84. The lowest BCUT2D eigenvalue weighted by Gasteiger charge is -2.36. The molecule has 150 valence electrons. The first kappa shape index (κ1) is 19.4. The zero-order valence-corrected chi connectivity index (χ0v) is 17.3. The van der Waals surface area contributed by atoms with Crippen LogP contribution in [0, 0.1) is 6.92 Å². The molecule has 0 bridgehead atoms. The van der Waals surface area contributed by atoms with Crippen LogP contribution in [0.25, 0.3) is 0 Å². The molecule has 2 aromatic carbocycles. The van der Waals surface area contributed by atoms with Crippen molar-refractivity contribution in [2.75, 3.05) is 18.0 Å². The van der Waals surface area contributed by atoms with Crippen molar-refractivity contribution in [3.05, 3.63) is 83.2 Å². The number of nitrogens with zero attached hydrogens (tertiary/aromatic N) is 3. The minimum atomic E-state index is -0.0602. The quantitative estimate of drug-likeness (QED) is 0.695. The number of hydrogen-bond acceptors (Lipinski definition) is 5. The third kappa shape index (κ3) is 4.25. The molecule has 0 saturated carbocycles. The largest absolute Gasteiger partial charge is 0.489 e. The summed E-state index contributed by atoms with van der Waals surface area (Å²) < 4.78 is 5.93. The fourth-order valence-corrected chi connectivity index (χ4v) is 3.53. The molecule has 0 unspecified atom stereocenters. The molecule has 2 N–H and O–H groups in total. The zero-order chi connectivity index (χ0) is 20.4. The fourth-order valence-electron chi connectivity index (χ4n) is 3.53. The first-order valence-electron chi connectivity index (χ1n) is 10.0. The van der Waals surface area contributed by atoms with Gasteiger partial charge in [0, 0.05) is 42.5 Å². The van der Waals surface area contributed by atoms with E-state index in [2.05, 4.69) is 72.0 Å². The van der Waals surface area contributed by atoms with Gasteiger partial charge in [-0.2, -0.15) is 0 Å². The Bertz CT molecular complexity index is 944. The van der Waals surface area contributed by atoms with Gasteiger partial charge in [0.15, 0.2) is 0 Å². The van der Waals surface area contributed by atoms with Gasteiger partial charge in [-0.25, -0.2) is 9.97 Å². The molecular formula is C24H28N4O. The molecule has 5 heteroatoms. The average molecular weight is 389 g/mol. The molecule has 1 aliphatic rings. The van der Waals surface area contributed by atoms with Crippen LogP contribution in [-0.4, -0.2) is 29.1 Å². The molecule has 0 amide bonds. The highest BCUT2D eigenvalue weighted by Crippen LogP contribution is 2.32. The van der Waals surface area contributed by atoms with Crippen molar-refractivity contribution in [1.29, 1.82) is 0 Å². The average Bonchev–Trinajstić information content (AvgIpc) is 2.71. The first-order chi connectivity index (χ1) is 13.9. The summed E-state index contributed by atoms with van der Waals surface area (Å²) in [7, 11) is 0. The van der Waals surface area contributed by atoms with Gasteiger partial charge in [-0.1, -0.05) is 55.8 Å². The Morgan fingerprint density at radius 3 is 2.07 bits per heavy atom. The van der Waals surface area contributed by atoms with E-state index in [0.29, 0.717) is 6.61 Å². The SMILES string of the molecule is Cc1ccc(C(C)(C)c2ccc(OCc3cnc(N4CC(N)C4)nc3)cc2)cc1. The second-order valence-corrected chi connectivity index (χ2v) is 8.36. The third-order valence-corrected chi connectivity index (χ3v) is 5.64. The van der Waals surface area contributed by atoms with E-state index in [-0.39, 0.29) is 11.5 Å². The molecule has 0 spiro atoms. The van der Waals surface area contributed by atoms with Crippen molar-refractivity contribution in [3.63, 3.8) is 0 Å². The van der Waals surface area contributed by atoms with Gasteiger partial charge < -0.3 is 15.4 Å². The lowest BCUT2D eigenvalue weighted by atomic mass is 9.78. The summed E-state index contributed by atoms with van der Waals surface area (Å²) in [6, 6.07) is 17.3. The van der Waals surface area contributed by atoms with Crippen LogP contribution in [0.4, 0.5) is 5.95 Å². The number of benzene rings is 2. The maximum atomic E-state index is 5.93. The number of aromatic nitrogens is 2. The van der Waals surface area contributed by atoms with Crippen LogP contribution in [0.15, 0.2) is 60.9 Å². The Balaban J connectivity index is 1.37. The number of nitrogens with two attached hydrogens (primary N) is 1. The normalized spacial score (nSPS) is 14.6. The highest BCUT2D eigenvalue weighted by atomic mass is 16.5. The van der Waals surface area contributed by atoms with Crippen molar-refractivity contribution >= 4 is 5.95 Å². The first-order valence-corrected chi connectivity index (χ1v) is 10.0. The van der Waals surface area contributed by atoms with Crippen molar-refractivity contribution in [2.24, 2.45) is 5.73 Å². The number of aryl methyl sites for hydroxylation is 1. The number of ether oxygens (including phenoxy) is 1. The van der Waals surface area contributed by atoms with Gasteiger partial charge in [-0.05, 0) is 30.2 Å². The summed E-state index contributed by atoms with van der Waals surface area (Å²) in [5, 5.41) is 0. The van der Waals surface area contributed by atoms with Crippen molar-refractivity contribution in [2.45, 2.75) is 38.8 Å². The van der Waals surface area contributed by atoms with Gasteiger partial charge in [0.1, 0.15) is 12.4 Å². The van der Waals surface area contributed by atoms with E-state index in [1.54, 1.807) is 0 Å². The fraction of sp³-hybridized carbons (Fsp3) is 0.333. The van der Waals surface area contributed by atoms with E-state index in [1.165, 1.54) is 16.7 Å². The molecule has 5 nitrogen and oxygen atoms in total. The van der Waals surface area contributed by atoms with Crippen LogP contribution in [0.3, 0.4) is 0 Å². The molecular weight excluding hydrogens is 360 g/mol. The molecule has 2 heterocycles. The number of hydrogen-bond donors (Lipinski definition) is 1. The summed E-state index contributed by atoms with van der Waals surface area (Å²) >= 11 is 0. The lowest BCUT2D eigenvalue weighted by Crippen LogP contribution is -2.56. The standard InChI is InChI=1S/C24H28N4O/c1-17-4-6-19(7-5-17)24(2,3)20-8-10-22(11-9-20)29-16-18-12-26-23(27-13-18)28-14-21(25)15-28/h4-13,21H,14-16,25H2,1-3H3. The minimum absolute atomic E-state index is 0.0602. The van der Waals surface area contributed by atoms with Gasteiger partial charge in [-0.15, -0.1) is 0 Å². The Morgan fingerprint density at radius 2 is 1.52 bits per heavy atom. The number of rotatable bonds is 6. The van der Waals surface area contributed by atoms with Crippen molar-refractivity contribution < 1.29 is 4.74 Å². The molecule has 0 atom stereocenters. The third-order valence-electron chi connectivity index (χ3n) is 5.64. The topological polar surface area (TPSA) is 64.3 Å². The van der Waals surface area contributed by atoms with E-state index >= 15 is 0 Å². The molecule has 1 aromatic heterocycles. The van der Waals surface area contributed by atoms with Gasteiger partial charge in [0.2, 0.25) is 5.95 Å². The molecule has 1 aliphatic heterocycles. The smallest absolute Gasteiger partial charge is 0.225 e. The van der Waals surface area contributed by atoms with E-state index in [0.717, 1.165) is 30.4 Å². The summed E-state index contributed by atoms with van der Waals surface area (Å²) in [6.45, 7) is 8.69. The highest BCUT2D eigenvalue weighted by molar-refractivity contribution is 5.41. The van der Waals surface area contributed by atoms with Crippen LogP contribution in [0.2, 0.25) is 0 Å². The Morgan fingerprint density at radius 1 is 0.966 bits per heavy atom. The lowest BCUT2D eigenvalue weighted by molar-refractivity contribution is 0.305. The summed E-state index contributed by atoms with van der Waals surface area (Å²) in [5.74, 6) is 1.57. The molecule has 0 aliphatic carbocycles. The van der Waals surface area contributed by atoms with Crippen LogP contribution in [0.5, 0.6) is 5.75 Å². The monoisotopic (exact) mass is 388 g/mol. The Labute approximate surface area is 172 Å². The van der Waals surface area contributed by atoms with E-state index in [9.17, 15) is 0 Å². The molecule has 1 saturated heterocycles. The van der Waals surface area contributed by atoms with E-state index < -0.39 is 0 Å². The molecule has 3 aromatic rings. The Hall–Kier alpha value is -2.92. The Kier molecular flexibility index (Phi) is 5.24. The minimum Gasteiger partial charge on any atom is -0.489 e. The number of anilines is 1. The van der Waals surface area contributed by atoms with Gasteiger partial charge >= 0.3 is 0 Å². The second-order valence-electron chi connectivity index (χ2n) is 8.36. The summed E-state index contributed by atoms with van der Waals surface area (Å²) in [5.41, 5.74) is 10.5. The molecule has 1 fully saturated rings. The van der Waals surface area contributed by atoms with Crippen molar-refractivity contribution in [3.8, 4) is 5.75 Å². The molecule has 0 radical (unpaired) electrons. The summed E-state index contributed by atoms with van der Waals surface area (Å²) in [6.07, 6.45) is 3.64. The van der Waals surface area contributed by atoms with E-state index in [4.69, 9.17) is 10.5 Å². The van der Waals surface area contributed by atoms with Gasteiger partial charge in [-0.3, -0.25) is 0 Å². The summed E-state index contributed by atoms with van der Waals surface area (Å²) in [4.78, 5) is 10.9. The van der Waals surface area contributed by atoms with Crippen LogP contribution >= 0.6 is 0 Å². The van der Waals surface area contributed by atoms with E-state index in [1.807, 2.05) is 24.5 Å². The van der Waals surface area contributed by atoms with Gasteiger partial charge in [0.25, 0.3) is 0 Å². The second kappa shape index (κ2) is 7.84. The van der Waals surface area contributed by atoms with Crippen LogP contribution in [0.1, 0.15) is 36.1 Å².